The Labute approximate surface area is 83.6 Å². The lowest BCUT2D eigenvalue weighted by molar-refractivity contribution is -0.121. The molecule has 0 spiro atoms. The van der Waals surface area contributed by atoms with E-state index < -0.39 is 0 Å². The largest absolute Gasteiger partial charge is 0.508 e. The fourth-order valence-electron chi connectivity index (χ4n) is 2.09. The SMILES string of the molecule is O=C1CCCCC1c1ccccc1O. The van der Waals surface area contributed by atoms with Gasteiger partial charge in [0, 0.05) is 17.9 Å². The van der Waals surface area contributed by atoms with Crippen LogP contribution >= 0.6 is 0 Å². The first kappa shape index (κ1) is 9.25. The topological polar surface area (TPSA) is 37.3 Å². The first-order chi connectivity index (χ1) is 6.79. The summed E-state index contributed by atoms with van der Waals surface area (Å²) in [5.74, 6) is 0.468. The molecule has 2 heteroatoms. The van der Waals surface area contributed by atoms with Crippen molar-refractivity contribution in [2.75, 3.05) is 0 Å². The van der Waals surface area contributed by atoms with Crippen molar-refractivity contribution in [3.05, 3.63) is 29.8 Å². The number of hydrogen-bond acceptors (Lipinski definition) is 2. The van der Waals surface area contributed by atoms with E-state index in [1.54, 1.807) is 12.1 Å². The molecule has 0 aromatic heterocycles. The molecular formula is C12H14O2. The molecule has 14 heavy (non-hydrogen) atoms. The molecule has 74 valence electrons. The second-order valence-electron chi connectivity index (χ2n) is 3.82. The van der Waals surface area contributed by atoms with Gasteiger partial charge in [-0.15, -0.1) is 0 Å². The molecule has 0 bridgehead atoms. The number of phenolic OH excluding ortho intramolecular Hbond substituents is 1. The van der Waals surface area contributed by atoms with E-state index in [0.29, 0.717) is 6.42 Å². The number of rotatable bonds is 1. The maximum Gasteiger partial charge on any atom is 0.140 e. The van der Waals surface area contributed by atoms with E-state index in [4.69, 9.17) is 0 Å². The van der Waals surface area contributed by atoms with Crippen LogP contribution in [-0.2, 0) is 4.79 Å². The van der Waals surface area contributed by atoms with Crippen molar-refractivity contribution in [3.63, 3.8) is 0 Å². The Hall–Kier alpha value is -1.31. The van der Waals surface area contributed by atoms with Crippen molar-refractivity contribution in [3.8, 4) is 5.75 Å². The van der Waals surface area contributed by atoms with Crippen LogP contribution in [0.1, 0.15) is 37.2 Å². The highest BCUT2D eigenvalue weighted by Gasteiger charge is 2.25. The maximum atomic E-state index is 11.6. The fraction of sp³-hybridized carbons (Fsp3) is 0.417. The van der Waals surface area contributed by atoms with Gasteiger partial charge in [0.2, 0.25) is 0 Å². The van der Waals surface area contributed by atoms with E-state index in [2.05, 4.69) is 0 Å². The van der Waals surface area contributed by atoms with Crippen molar-refractivity contribution in [1.82, 2.24) is 0 Å². The predicted octanol–water partition coefficient (Wildman–Crippen LogP) is 2.62. The lowest BCUT2D eigenvalue weighted by Gasteiger charge is -2.21. The zero-order valence-corrected chi connectivity index (χ0v) is 8.07. The zero-order chi connectivity index (χ0) is 9.97. The molecule has 1 atom stereocenters. The van der Waals surface area contributed by atoms with Crippen LogP contribution in [0.15, 0.2) is 24.3 Å². The minimum Gasteiger partial charge on any atom is -0.508 e. The molecule has 0 amide bonds. The van der Waals surface area contributed by atoms with Crippen molar-refractivity contribution in [2.45, 2.75) is 31.6 Å². The number of aromatic hydroxyl groups is 1. The van der Waals surface area contributed by atoms with Crippen LogP contribution in [0.4, 0.5) is 0 Å². The lowest BCUT2D eigenvalue weighted by atomic mass is 9.82. The standard InChI is InChI=1S/C12H14O2/c13-11-7-3-1-5-9(11)10-6-2-4-8-12(10)14/h1,3,5,7,10,13H,2,4,6,8H2. The van der Waals surface area contributed by atoms with Gasteiger partial charge in [-0.05, 0) is 18.9 Å². The third-order valence-corrected chi connectivity index (χ3v) is 2.87. The quantitative estimate of drug-likeness (QED) is 0.739. The van der Waals surface area contributed by atoms with Crippen molar-refractivity contribution < 1.29 is 9.90 Å². The van der Waals surface area contributed by atoms with E-state index in [1.165, 1.54) is 0 Å². The summed E-state index contributed by atoms with van der Waals surface area (Å²) in [6, 6.07) is 7.16. The van der Waals surface area contributed by atoms with E-state index >= 15 is 0 Å². The summed E-state index contributed by atoms with van der Waals surface area (Å²) in [4.78, 5) is 11.6. The smallest absolute Gasteiger partial charge is 0.140 e. The van der Waals surface area contributed by atoms with Gasteiger partial charge in [-0.3, -0.25) is 4.79 Å². The molecule has 0 saturated heterocycles. The van der Waals surface area contributed by atoms with Gasteiger partial charge in [-0.2, -0.15) is 0 Å². The fourth-order valence-corrected chi connectivity index (χ4v) is 2.09. The summed E-state index contributed by atoms with van der Waals surface area (Å²) in [7, 11) is 0. The van der Waals surface area contributed by atoms with Crippen LogP contribution in [-0.4, -0.2) is 10.9 Å². The Morgan fingerprint density at radius 1 is 1.21 bits per heavy atom. The summed E-state index contributed by atoms with van der Waals surface area (Å²) in [5, 5.41) is 9.63. The van der Waals surface area contributed by atoms with Crippen LogP contribution in [0, 0.1) is 0 Å². The summed E-state index contributed by atoms with van der Waals surface area (Å²) in [5.41, 5.74) is 0.803. The minimum atomic E-state index is -0.0649. The predicted molar refractivity (Wildman–Crippen MR) is 54.3 cm³/mol. The Morgan fingerprint density at radius 3 is 2.71 bits per heavy atom. The van der Waals surface area contributed by atoms with E-state index in [1.807, 2.05) is 12.1 Å². The molecule has 0 heterocycles. The highest BCUT2D eigenvalue weighted by Crippen LogP contribution is 2.34. The molecule has 1 saturated carbocycles. The Balaban J connectivity index is 2.29. The molecule has 2 nitrogen and oxygen atoms in total. The van der Waals surface area contributed by atoms with Gasteiger partial charge in [-0.25, -0.2) is 0 Å². The highest BCUT2D eigenvalue weighted by molar-refractivity contribution is 5.87. The van der Waals surface area contributed by atoms with Crippen LogP contribution in [0.3, 0.4) is 0 Å². The maximum absolute atomic E-state index is 11.6. The highest BCUT2D eigenvalue weighted by atomic mass is 16.3. The van der Waals surface area contributed by atoms with Gasteiger partial charge < -0.3 is 5.11 Å². The first-order valence-corrected chi connectivity index (χ1v) is 5.09. The molecule has 1 aliphatic carbocycles. The average molecular weight is 190 g/mol. The van der Waals surface area contributed by atoms with E-state index in [-0.39, 0.29) is 17.5 Å². The van der Waals surface area contributed by atoms with Crippen LogP contribution in [0.2, 0.25) is 0 Å². The second kappa shape index (κ2) is 3.82. The number of carbonyl (C=O) groups excluding carboxylic acids is 1. The zero-order valence-electron chi connectivity index (χ0n) is 8.07. The summed E-state index contributed by atoms with van der Waals surface area (Å²) in [6.07, 6.45) is 3.64. The molecule has 1 N–H and O–H groups in total. The molecular weight excluding hydrogens is 176 g/mol. The molecule has 1 aliphatic rings. The first-order valence-electron chi connectivity index (χ1n) is 5.09. The number of carbonyl (C=O) groups is 1. The molecule has 2 rings (SSSR count). The van der Waals surface area contributed by atoms with Crippen LogP contribution < -0.4 is 0 Å². The monoisotopic (exact) mass is 190 g/mol. The number of benzene rings is 1. The van der Waals surface area contributed by atoms with Gasteiger partial charge in [-0.1, -0.05) is 24.6 Å². The number of Topliss-reactive ketones (excluding diaryl/α,β-unsaturated/α-hetero) is 1. The van der Waals surface area contributed by atoms with Gasteiger partial charge in [0.25, 0.3) is 0 Å². The summed E-state index contributed by atoms with van der Waals surface area (Å²) < 4.78 is 0. The number of para-hydroxylation sites is 1. The average Bonchev–Trinajstić information content (AvgIpc) is 2.20. The lowest BCUT2D eigenvalue weighted by Crippen LogP contribution is -2.16. The van der Waals surface area contributed by atoms with Crippen LogP contribution in [0.5, 0.6) is 5.75 Å². The Bertz CT molecular complexity index is 344. The molecule has 0 aliphatic heterocycles. The Morgan fingerprint density at radius 2 is 2.00 bits per heavy atom. The van der Waals surface area contributed by atoms with Crippen molar-refractivity contribution in [1.29, 1.82) is 0 Å². The van der Waals surface area contributed by atoms with E-state index in [0.717, 1.165) is 24.8 Å². The molecule has 1 fully saturated rings. The number of hydrogen-bond donors (Lipinski definition) is 1. The minimum absolute atomic E-state index is 0.0649. The van der Waals surface area contributed by atoms with Gasteiger partial charge in [0.05, 0.1) is 0 Å². The van der Waals surface area contributed by atoms with Gasteiger partial charge >= 0.3 is 0 Å². The molecule has 1 aromatic carbocycles. The third kappa shape index (κ3) is 1.65. The summed E-state index contributed by atoms with van der Waals surface area (Å²) in [6.45, 7) is 0. The normalized spacial score (nSPS) is 22.3. The Kier molecular flexibility index (Phi) is 2.53. The molecule has 1 unspecified atom stereocenters. The van der Waals surface area contributed by atoms with Gasteiger partial charge in [0.15, 0.2) is 0 Å². The second-order valence-corrected chi connectivity index (χ2v) is 3.82. The number of ketones is 1. The van der Waals surface area contributed by atoms with Gasteiger partial charge in [0.1, 0.15) is 11.5 Å². The van der Waals surface area contributed by atoms with Crippen molar-refractivity contribution in [2.24, 2.45) is 0 Å². The van der Waals surface area contributed by atoms with Crippen molar-refractivity contribution >= 4 is 5.78 Å². The number of phenols is 1. The molecule has 0 radical (unpaired) electrons. The van der Waals surface area contributed by atoms with Crippen LogP contribution in [0.25, 0.3) is 0 Å². The van der Waals surface area contributed by atoms with E-state index in [9.17, 15) is 9.90 Å². The third-order valence-electron chi connectivity index (χ3n) is 2.87. The molecule has 1 aromatic rings. The summed E-state index contributed by atoms with van der Waals surface area (Å²) >= 11 is 0.